The molecule has 7 N–H and O–H groups in total. The number of Topliss-reactive ketones (excluding diaryl/α,β-unsaturated/α-hetero) is 2. The molecule has 0 aromatic heterocycles. The number of anilines is 1. The standard InChI is InChI=1S/C28H33FN4O7/c1-4-32(2)21-13-8-11-7-12-15(23(35)19-16(18(12)29)20-10(9-31-19)5-6-33(20)3)22(34)14(11)25(37)28(13,40)26(38)17(24(21)36)27(30)39/h10-11,13,20-21,31,35-37,40H,4-9H2,1-3H3,(H2,30,39)/t10?,11-,13?,20?,21-,28-/m0/s1. The normalized spacial score (nSPS) is 33.3. The summed E-state index contributed by atoms with van der Waals surface area (Å²) in [5.74, 6) is -7.94. The third-order valence-electron chi connectivity index (χ3n) is 9.89. The smallest absolute Gasteiger partial charge is 0.255 e. The molecule has 12 heteroatoms. The number of amides is 1. The van der Waals surface area contributed by atoms with E-state index < -0.39 is 69.6 Å². The van der Waals surface area contributed by atoms with Crippen LogP contribution in [-0.4, -0.2) is 93.1 Å². The fraction of sp³-hybridized carbons (Fsp3) is 0.536. The highest BCUT2D eigenvalue weighted by atomic mass is 19.1. The SMILES string of the molecule is CCN(C)[C@@H]1C(O)=C(C(N)=O)C(=O)[C@@]2(O)C(O)=C3C(=O)c4c(O)c5c(c(F)c4C[C@H]3CC12)C1C(CCN1C)CN5. The van der Waals surface area contributed by atoms with Gasteiger partial charge in [0.25, 0.3) is 5.91 Å². The number of rotatable bonds is 3. The monoisotopic (exact) mass is 556 g/mol. The Hall–Kier alpha value is -3.48. The minimum absolute atomic E-state index is 0.0242. The van der Waals surface area contributed by atoms with Crippen molar-refractivity contribution in [2.24, 2.45) is 23.5 Å². The van der Waals surface area contributed by atoms with E-state index >= 15 is 4.39 Å². The molecule has 6 rings (SSSR count). The van der Waals surface area contributed by atoms with E-state index in [2.05, 4.69) is 5.32 Å². The van der Waals surface area contributed by atoms with Crippen LogP contribution in [0.1, 0.15) is 47.3 Å². The quantitative estimate of drug-likeness (QED) is 0.233. The minimum Gasteiger partial charge on any atom is -0.510 e. The van der Waals surface area contributed by atoms with Gasteiger partial charge < -0.3 is 31.5 Å². The first-order chi connectivity index (χ1) is 18.9. The van der Waals surface area contributed by atoms with Crippen molar-refractivity contribution in [3.8, 4) is 5.75 Å². The number of likely N-dealkylation sites (tertiary alicyclic amines) is 1. The van der Waals surface area contributed by atoms with Crippen molar-refractivity contribution in [3.63, 3.8) is 0 Å². The topological polar surface area (TPSA) is 177 Å². The Balaban J connectivity index is 1.55. The van der Waals surface area contributed by atoms with E-state index in [0.717, 1.165) is 13.0 Å². The van der Waals surface area contributed by atoms with Gasteiger partial charge in [-0.05, 0) is 58.3 Å². The second-order valence-corrected chi connectivity index (χ2v) is 11.7. The van der Waals surface area contributed by atoms with Crippen LogP contribution >= 0.6 is 0 Å². The molecule has 6 atom stereocenters. The maximum Gasteiger partial charge on any atom is 0.255 e. The Bertz CT molecular complexity index is 1450. The zero-order valence-electron chi connectivity index (χ0n) is 22.5. The average Bonchev–Trinajstić information content (AvgIpc) is 3.29. The van der Waals surface area contributed by atoms with E-state index in [1.54, 1.807) is 18.9 Å². The highest BCUT2D eigenvalue weighted by Crippen LogP contribution is 2.55. The number of aromatic hydroxyl groups is 1. The summed E-state index contributed by atoms with van der Waals surface area (Å²) in [6, 6.07) is -1.36. The van der Waals surface area contributed by atoms with Gasteiger partial charge in [-0.2, -0.15) is 0 Å². The first-order valence-electron chi connectivity index (χ1n) is 13.6. The van der Waals surface area contributed by atoms with E-state index in [4.69, 9.17) is 5.73 Å². The second kappa shape index (κ2) is 8.76. The molecule has 1 fully saturated rings. The van der Waals surface area contributed by atoms with Crippen LogP contribution in [-0.2, 0) is 16.0 Å². The van der Waals surface area contributed by atoms with Gasteiger partial charge >= 0.3 is 0 Å². The van der Waals surface area contributed by atoms with Gasteiger partial charge in [-0.1, -0.05) is 6.92 Å². The van der Waals surface area contributed by atoms with Crippen LogP contribution in [0, 0.1) is 23.6 Å². The number of hydrogen-bond acceptors (Lipinski definition) is 10. The van der Waals surface area contributed by atoms with Gasteiger partial charge in [0.2, 0.25) is 5.78 Å². The fourth-order valence-electron chi connectivity index (χ4n) is 7.86. The van der Waals surface area contributed by atoms with Crippen molar-refractivity contribution in [2.75, 3.05) is 39.0 Å². The molecule has 214 valence electrons. The average molecular weight is 557 g/mol. The number of phenols is 1. The second-order valence-electron chi connectivity index (χ2n) is 11.7. The molecular formula is C28H33FN4O7. The number of nitrogens with one attached hydrogen (secondary N) is 1. The zero-order chi connectivity index (χ0) is 29.0. The molecular weight excluding hydrogens is 523 g/mol. The van der Waals surface area contributed by atoms with Crippen LogP contribution < -0.4 is 11.1 Å². The molecule has 0 spiro atoms. The van der Waals surface area contributed by atoms with Crippen molar-refractivity contribution >= 4 is 23.2 Å². The molecule has 2 heterocycles. The molecule has 1 saturated heterocycles. The number of allylic oxidation sites excluding steroid dienone is 1. The number of halogens is 1. The Morgan fingerprint density at radius 3 is 2.62 bits per heavy atom. The first-order valence-corrected chi connectivity index (χ1v) is 13.6. The number of nitrogens with two attached hydrogens (primary N) is 1. The summed E-state index contributed by atoms with van der Waals surface area (Å²) in [6.45, 7) is 3.36. The Morgan fingerprint density at radius 2 is 1.98 bits per heavy atom. The highest BCUT2D eigenvalue weighted by Gasteiger charge is 2.63. The van der Waals surface area contributed by atoms with Crippen molar-refractivity contribution in [3.05, 3.63) is 45.2 Å². The number of hydrogen-bond donors (Lipinski definition) is 6. The summed E-state index contributed by atoms with van der Waals surface area (Å²) in [5.41, 5.74) is 1.65. The van der Waals surface area contributed by atoms with Crippen LogP contribution in [0.3, 0.4) is 0 Å². The fourth-order valence-corrected chi connectivity index (χ4v) is 7.86. The van der Waals surface area contributed by atoms with Gasteiger partial charge in [0.05, 0.1) is 17.3 Å². The molecule has 5 aliphatic rings. The predicted octanol–water partition coefficient (Wildman–Crippen LogP) is 1.07. The molecule has 11 nitrogen and oxygen atoms in total. The van der Waals surface area contributed by atoms with Gasteiger partial charge in [-0.15, -0.1) is 0 Å². The molecule has 0 bridgehead atoms. The molecule has 3 unspecified atom stereocenters. The number of likely N-dealkylation sites (N-methyl/N-ethyl adjacent to an activating group) is 1. The van der Waals surface area contributed by atoms with Crippen molar-refractivity contribution in [1.82, 2.24) is 9.80 Å². The third kappa shape index (κ3) is 3.18. The summed E-state index contributed by atoms with van der Waals surface area (Å²) in [5, 5.41) is 48.6. The molecule has 40 heavy (non-hydrogen) atoms. The summed E-state index contributed by atoms with van der Waals surface area (Å²) < 4.78 is 16.4. The van der Waals surface area contributed by atoms with E-state index in [0.29, 0.717) is 18.7 Å². The number of primary amides is 1. The molecule has 0 radical (unpaired) electrons. The summed E-state index contributed by atoms with van der Waals surface area (Å²) >= 11 is 0. The number of nitrogens with zero attached hydrogens (tertiary/aromatic N) is 2. The Labute approximate surface area is 229 Å². The van der Waals surface area contributed by atoms with Crippen LogP contribution in [0.25, 0.3) is 0 Å². The predicted molar refractivity (Wildman–Crippen MR) is 140 cm³/mol. The molecule has 1 aromatic carbocycles. The Kier molecular flexibility index (Phi) is 5.85. The molecule has 3 aliphatic carbocycles. The number of fused-ring (bicyclic) bond motifs is 6. The number of aliphatic hydroxyl groups excluding tert-OH is 2. The zero-order valence-corrected chi connectivity index (χ0v) is 22.5. The van der Waals surface area contributed by atoms with Gasteiger partial charge in [-0.25, -0.2) is 4.39 Å². The first kappa shape index (κ1) is 26.7. The van der Waals surface area contributed by atoms with E-state index in [1.807, 2.05) is 11.9 Å². The maximum absolute atomic E-state index is 16.4. The van der Waals surface area contributed by atoms with Crippen LogP contribution in [0.2, 0.25) is 0 Å². The lowest BCUT2D eigenvalue weighted by Gasteiger charge is -2.50. The van der Waals surface area contributed by atoms with Crippen molar-refractivity contribution in [2.45, 2.75) is 43.9 Å². The number of carbonyl (C=O) groups is 3. The molecule has 2 aliphatic heterocycles. The highest BCUT2D eigenvalue weighted by molar-refractivity contribution is 6.25. The largest absolute Gasteiger partial charge is 0.510 e. The molecule has 1 amide bonds. The number of ketones is 2. The lowest BCUT2D eigenvalue weighted by atomic mass is 9.58. The van der Waals surface area contributed by atoms with E-state index in [9.17, 15) is 34.8 Å². The van der Waals surface area contributed by atoms with Crippen LogP contribution in [0.5, 0.6) is 5.75 Å². The van der Waals surface area contributed by atoms with Crippen LogP contribution in [0.4, 0.5) is 10.1 Å². The summed E-state index contributed by atoms with van der Waals surface area (Å²) in [7, 11) is 3.51. The number of carbonyl (C=O) groups excluding carboxylic acids is 3. The van der Waals surface area contributed by atoms with Gasteiger partial charge in [-0.3, -0.25) is 24.2 Å². The van der Waals surface area contributed by atoms with Gasteiger partial charge in [0, 0.05) is 35.2 Å². The lowest BCUT2D eigenvalue weighted by Crippen LogP contribution is -2.64. The third-order valence-corrected chi connectivity index (χ3v) is 9.89. The molecule has 0 saturated carbocycles. The minimum atomic E-state index is -2.73. The van der Waals surface area contributed by atoms with E-state index in [1.165, 1.54) is 0 Å². The lowest BCUT2D eigenvalue weighted by molar-refractivity contribution is -0.148. The maximum atomic E-state index is 16.4. The van der Waals surface area contributed by atoms with Gasteiger partial charge in [0.15, 0.2) is 17.1 Å². The van der Waals surface area contributed by atoms with E-state index in [-0.39, 0.29) is 47.2 Å². The van der Waals surface area contributed by atoms with Crippen molar-refractivity contribution in [1.29, 1.82) is 0 Å². The number of phenolic OH excluding ortho intramolecular Hbond substituents is 1. The van der Waals surface area contributed by atoms with Crippen LogP contribution in [0.15, 0.2) is 22.7 Å². The summed E-state index contributed by atoms with van der Waals surface area (Å²) in [6.07, 6.45) is 0.697. The molecule has 1 aromatic rings. The number of aliphatic hydroxyl groups is 3. The van der Waals surface area contributed by atoms with Gasteiger partial charge in [0.1, 0.15) is 22.9 Å². The van der Waals surface area contributed by atoms with Crippen molar-refractivity contribution < 1.29 is 39.2 Å². The summed E-state index contributed by atoms with van der Waals surface area (Å²) in [4.78, 5) is 43.2. The Morgan fingerprint density at radius 1 is 1.27 bits per heavy atom. The number of benzene rings is 1.